The zero-order valence-electron chi connectivity index (χ0n) is 22.1. The summed E-state index contributed by atoms with van der Waals surface area (Å²) in [5, 5.41) is 6.25. The first kappa shape index (κ1) is 28.4. The number of carbonyl (C=O) groups is 1. The summed E-state index contributed by atoms with van der Waals surface area (Å²) >= 11 is 0. The van der Waals surface area contributed by atoms with Crippen LogP contribution in [-0.4, -0.2) is 83.6 Å². The number of hydrogen-bond donors (Lipinski definition) is 0. The molecular weight excluding hydrogens is 476 g/mol. The van der Waals surface area contributed by atoms with Gasteiger partial charge in [-0.3, -0.25) is 4.79 Å². The van der Waals surface area contributed by atoms with Gasteiger partial charge in [-0.2, -0.15) is 5.10 Å². The van der Waals surface area contributed by atoms with Gasteiger partial charge >= 0.3 is 0 Å². The van der Waals surface area contributed by atoms with Crippen LogP contribution in [0.4, 0.5) is 0 Å². The molecule has 1 aliphatic carbocycles. The van der Waals surface area contributed by atoms with Gasteiger partial charge in [-0.15, -0.1) is 0 Å². The molecule has 0 saturated carbocycles. The molecule has 0 N–H and O–H groups in total. The standard InChI is InChI=1S/C28H38N2O7/c1-4-36-27-14-10-22(9-13-26(27)33-3)25-6-5-15-30(29-25)28(31)23-7-11-24(12-8-23)37-21-20-35-19-18-34-17-16-32-2/h7-9,11-14H,4-6,10,15-21H2,1-3H3. The van der Waals surface area contributed by atoms with Gasteiger partial charge in [0, 0.05) is 19.2 Å². The Kier molecular flexibility index (Phi) is 12.2. The summed E-state index contributed by atoms with van der Waals surface area (Å²) in [5.74, 6) is 1.96. The molecule has 0 spiro atoms. The zero-order chi connectivity index (χ0) is 26.3. The van der Waals surface area contributed by atoms with E-state index in [1.54, 1.807) is 43.5 Å². The molecule has 202 valence electrons. The number of hydrogen-bond acceptors (Lipinski definition) is 8. The molecule has 1 heterocycles. The first-order valence-corrected chi connectivity index (χ1v) is 12.7. The number of amides is 1. The normalized spacial score (nSPS) is 15.7. The Morgan fingerprint density at radius 3 is 2.35 bits per heavy atom. The fraction of sp³-hybridized carbons (Fsp3) is 0.500. The van der Waals surface area contributed by atoms with E-state index in [0.717, 1.165) is 29.9 Å². The van der Waals surface area contributed by atoms with Crippen molar-refractivity contribution in [2.24, 2.45) is 5.10 Å². The van der Waals surface area contributed by atoms with Crippen LogP contribution in [0.15, 0.2) is 64.7 Å². The number of rotatable bonds is 15. The Bertz CT molecular complexity index is 983. The van der Waals surface area contributed by atoms with Crippen molar-refractivity contribution in [3.05, 3.63) is 65.1 Å². The molecule has 0 unspecified atom stereocenters. The zero-order valence-corrected chi connectivity index (χ0v) is 22.1. The van der Waals surface area contributed by atoms with Crippen LogP contribution in [0.5, 0.6) is 5.75 Å². The van der Waals surface area contributed by atoms with E-state index in [4.69, 9.17) is 33.5 Å². The van der Waals surface area contributed by atoms with Gasteiger partial charge in [-0.1, -0.05) is 6.08 Å². The van der Waals surface area contributed by atoms with Crippen LogP contribution in [0.2, 0.25) is 0 Å². The van der Waals surface area contributed by atoms with Crippen LogP contribution >= 0.6 is 0 Å². The van der Waals surface area contributed by atoms with Crippen LogP contribution < -0.4 is 4.74 Å². The lowest BCUT2D eigenvalue weighted by Crippen LogP contribution is -2.32. The van der Waals surface area contributed by atoms with Gasteiger partial charge in [0.1, 0.15) is 12.4 Å². The highest BCUT2D eigenvalue weighted by molar-refractivity contribution is 6.03. The van der Waals surface area contributed by atoms with E-state index in [-0.39, 0.29) is 5.91 Å². The van der Waals surface area contributed by atoms with E-state index in [1.807, 2.05) is 25.2 Å². The second-order valence-corrected chi connectivity index (χ2v) is 8.30. The molecule has 1 aromatic carbocycles. The molecule has 0 aromatic heterocycles. The predicted molar refractivity (Wildman–Crippen MR) is 141 cm³/mol. The molecule has 1 amide bonds. The van der Waals surface area contributed by atoms with E-state index in [2.05, 4.69) is 0 Å². The molecule has 9 nitrogen and oxygen atoms in total. The summed E-state index contributed by atoms with van der Waals surface area (Å²) in [6.07, 6.45) is 8.23. The van der Waals surface area contributed by atoms with E-state index < -0.39 is 0 Å². The lowest BCUT2D eigenvalue weighted by Gasteiger charge is -2.24. The summed E-state index contributed by atoms with van der Waals surface area (Å²) in [6.45, 7) is 6.12. The van der Waals surface area contributed by atoms with Gasteiger partial charge in [0.25, 0.3) is 5.91 Å². The minimum absolute atomic E-state index is 0.131. The third-order valence-electron chi connectivity index (χ3n) is 5.74. The van der Waals surface area contributed by atoms with Crippen LogP contribution in [0.25, 0.3) is 0 Å². The van der Waals surface area contributed by atoms with Crippen molar-refractivity contribution in [1.82, 2.24) is 5.01 Å². The maximum Gasteiger partial charge on any atom is 0.273 e. The highest BCUT2D eigenvalue weighted by Crippen LogP contribution is 2.24. The molecule has 0 radical (unpaired) electrons. The number of allylic oxidation sites excluding steroid dienone is 4. The topological polar surface area (TPSA) is 88.1 Å². The van der Waals surface area contributed by atoms with Crippen LogP contribution in [-0.2, 0) is 23.7 Å². The Morgan fingerprint density at radius 2 is 1.65 bits per heavy atom. The summed E-state index contributed by atoms with van der Waals surface area (Å²) in [4.78, 5) is 13.1. The molecule has 1 aliphatic heterocycles. The van der Waals surface area contributed by atoms with Crippen molar-refractivity contribution < 1.29 is 33.2 Å². The SMILES string of the molecule is CCOC1=CCC(C2=NN(C(=O)c3ccc(OCCOCCOCCOC)cc3)CCC2)=CC=C1OC. The maximum absolute atomic E-state index is 13.1. The van der Waals surface area contributed by atoms with Crippen LogP contribution in [0, 0.1) is 0 Å². The fourth-order valence-corrected chi connectivity index (χ4v) is 3.84. The van der Waals surface area contributed by atoms with Gasteiger partial charge in [-0.05, 0) is 68.2 Å². The van der Waals surface area contributed by atoms with Crippen LogP contribution in [0.3, 0.4) is 0 Å². The number of benzene rings is 1. The van der Waals surface area contributed by atoms with Crippen molar-refractivity contribution in [3.8, 4) is 5.75 Å². The van der Waals surface area contributed by atoms with Crippen LogP contribution in [0.1, 0.15) is 36.5 Å². The number of carbonyl (C=O) groups excluding carboxylic acids is 1. The monoisotopic (exact) mass is 514 g/mol. The van der Waals surface area contributed by atoms with E-state index >= 15 is 0 Å². The second kappa shape index (κ2) is 15.9. The maximum atomic E-state index is 13.1. The Labute approximate surface area is 219 Å². The Morgan fingerprint density at radius 1 is 0.919 bits per heavy atom. The minimum Gasteiger partial charge on any atom is -0.493 e. The van der Waals surface area contributed by atoms with Crippen molar-refractivity contribution in [3.63, 3.8) is 0 Å². The average Bonchev–Trinajstić information content (AvgIpc) is 3.14. The number of hydrazone groups is 1. The molecular formula is C28H38N2O7. The molecule has 9 heteroatoms. The Hall–Kier alpha value is -3.14. The minimum atomic E-state index is -0.131. The molecule has 2 aliphatic rings. The summed E-state index contributed by atoms with van der Waals surface area (Å²) in [5.41, 5.74) is 2.52. The van der Waals surface area contributed by atoms with Gasteiger partial charge in [0.15, 0.2) is 11.5 Å². The molecule has 0 bridgehead atoms. The molecule has 37 heavy (non-hydrogen) atoms. The number of ether oxygens (including phenoxy) is 6. The second-order valence-electron chi connectivity index (χ2n) is 8.30. The van der Waals surface area contributed by atoms with Crippen molar-refractivity contribution >= 4 is 11.6 Å². The third kappa shape index (κ3) is 9.03. The molecule has 0 atom stereocenters. The summed E-state index contributed by atoms with van der Waals surface area (Å²) in [7, 11) is 3.27. The molecule has 3 rings (SSSR count). The molecule has 1 aromatic rings. The number of methoxy groups -OCH3 is 2. The van der Waals surface area contributed by atoms with Gasteiger partial charge in [-0.25, -0.2) is 5.01 Å². The Balaban J connectivity index is 1.51. The number of nitrogens with zero attached hydrogens (tertiary/aromatic N) is 2. The van der Waals surface area contributed by atoms with Crippen molar-refractivity contribution in [2.75, 3.05) is 67.0 Å². The third-order valence-corrected chi connectivity index (χ3v) is 5.74. The highest BCUT2D eigenvalue weighted by atomic mass is 16.6. The lowest BCUT2D eigenvalue weighted by molar-refractivity contribution is 0.0180. The highest BCUT2D eigenvalue weighted by Gasteiger charge is 2.22. The smallest absolute Gasteiger partial charge is 0.273 e. The van der Waals surface area contributed by atoms with E-state index in [1.165, 1.54) is 0 Å². The van der Waals surface area contributed by atoms with E-state index in [9.17, 15) is 4.79 Å². The summed E-state index contributed by atoms with van der Waals surface area (Å²) < 4.78 is 32.6. The molecule has 0 saturated heterocycles. The summed E-state index contributed by atoms with van der Waals surface area (Å²) in [6, 6.07) is 7.12. The van der Waals surface area contributed by atoms with E-state index in [0.29, 0.717) is 76.3 Å². The lowest BCUT2D eigenvalue weighted by atomic mass is 10.0. The quantitative estimate of drug-likeness (QED) is 0.326. The average molecular weight is 515 g/mol. The van der Waals surface area contributed by atoms with Gasteiger partial charge in [0.05, 0.1) is 52.5 Å². The fourth-order valence-electron chi connectivity index (χ4n) is 3.84. The van der Waals surface area contributed by atoms with Gasteiger partial charge < -0.3 is 28.4 Å². The van der Waals surface area contributed by atoms with Gasteiger partial charge in [0.2, 0.25) is 0 Å². The predicted octanol–water partition coefficient (Wildman–Crippen LogP) is 4.12. The van der Waals surface area contributed by atoms with Crippen molar-refractivity contribution in [2.45, 2.75) is 26.2 Å². The first-order chi connectivity index (χ1) is 18.2. The first-order valence-electron chi connectivity index (χ1n) is 12.7. The largest absolute Gasteiger partial charge is 0.493 e. The van der Waals surface area contributed by atoms with Crippen molar-refractivity contribution in [1.29, 1.82) is 0 Å². The molecule has 0 fully saturated rings.